The maximum Gasteiger partial charge on any atom is 0.251 e. The average molecular weight is 386 g/mol. The number of hydrogen-bond donors (Lipinski definition) is 2. The first-order valence-corrected chi connectivity index (χ1v) is 10.4. The number of nitrogens with one attached hydrogen (secondary N) is 2. The summed E-state index contributed by atoms with van der Waals surface area (Å²) >= 11 is 0. The molecule has 3 rings (SSSR count). The van der Waals surface area contributed by atoms with Crippen LogP contribution in [0.5, 0.6) is 0 Å². The molecule has 1 heterocycles. The third-order valence-corrected chi connectivity index (χ3v) is 5.48. The van der Waals surface area contributed by atoms with Crippen molar-refractivity contribution in [2.45, 2.75) is 58.0 Å². The molecule has 0 bridgehead atoms. The molecule has 0 aromatic heterocycles. The van der Waals surface area contributed by atoms with Crippen molar-refractivity contribution in [3.63, 3.8) is 0 Å². The highest BCUT2D eigenvalue weighted by Crippen LogP contribution is 2.24. The highest BCUT2D eigenvalue weighted by Gasteiger charge is 2.36. The lowest BCUT2D eigenvalue weighted by Crippen LogP contribution is -2.54. The molecule has 2 aliphatic rings. The van der Waals surface area contributed by atoms with Gasteiger partial charge < -0.3 is 15.5 Å². The molecule has 2 N–H and O–H groups in total. The van der Waals surface area contributed by atoms with E-state index >= 15 is 0 Å². The van der Waals surface area contributed by atoms with Gasteiger partial charge in [-0.05, 0) is 49.7 Å². The Morgan fingerprint density at radius 1 is 1.04 bits per heavy atom. The Labute approximate surface area is 167 Å². The van der Waals surface area contributed by atoms with Gasteiger partial charge in [0.25, 0.3) is 5.91 Å². The number of amides is 3. The van der Waals surface area contributed by atoms with Crippen LogP contribution in [0.1, 0.15) is 56.3 Å². The van der Waals surface area contributed by atoms with Crippen LogP contribution < -0.4 is 10.6 Å². The first-order chi connectivity index (χ1) is 13.4. The highest BCUT2D eigenvalue weighted by atomic mass is 16.2. The molecule has 6 heteroatoms. The van der Waals surface area contributed by atoms with E-state index in [-0.39, 0.29) is 29.7 Å². The molecule has 2 fully saturated rings. The highest BCUT2D eigenvalue weighted by molar-refractivity contribution is 5.97. The van der Waals surface area contributed by atoms with Crippen LogP contribution in [0.2, 0.25) is 0 Å². The quantitative estimate of drug-likeness (QED) is 0.756. The number of nitrogens with zero attached hydrogens (tertiary/aromatic N) is 1. The van der Waals surface area contributed by atoms with Crippen molar-refractivity contribution >= 4 is 17.7 Å². The minimum atomic E-state index is -0.560. The van der Waals surface area contributed by atoms with Gasteiger partial charge in [0.05, 0.1) is 0 Å². The summed E-state index contributed by atoms with van der Waals surface area (Å²) < 4.78 is 0. The fourth-order valence-corrected chi connectivity index (χ4v) is 3.69. The number of piperidine rings is 1. The molecular formula is C22H31N3O3. The SMILES string of the molecule is CC(C)CC(=O)N1CCC(C(NC(=O)c2ccccc2)C(=O)NC2CC2)CC1. The van der Waals surface area contributed by atoms with Crippen molar-refractivity contribution in [1.29, 1.82) is 0 Å². The molecule has 0 radical (unpaired) electrons. The van der Waals surface area contributed by atoms with E-state index in [1.54, 1.807) is 12.1 Å². The first-order valence-electron chi connectivity index (χ1n) is 10.4. The summed E-state index contributed by atoms with van der Waals surface area (Å²) in [6, 6.07) is 8.67. The van der Waals surface area contributed by atoms with Gasteiger partial charge in [-0.25, -0.2) is 0 Å². The van der Waals surface area contributed by atoms with E-state index in [0.29, 0.717) is 31.0 Å². The van der Waals surface area contributed by atoms with E-state index < -0.39 is 6.04 Å². The average Bonchev–Trinajstić information content (AvgIpc) is 3.50. The number of rotatable bonds is 7. The Hall–Kier alpha value is -2.37. The van der Waals surface area contributed by atoms with E-state index in [9.17, 15) is 14.4 Å². The number of benzene rings is 1. The summed E-state index contributed by atoms with van der Waals surface area (Å²) in [4.78, 5) is 39.7. The summed E-state index contributed by atoms with van der Waals surface area (Å²) in [5, 5.41) is 5.99. The normalized spacial score (nSPS) is 18.6. The van der Waals surface area contributed by atoms with Crippen molar-refractivity contribution in [2.24, 2.45) is 11.8 Å². The molecule has 1 unspecified atom stereocenters. The van der Waals surface area contributed by atoms with Gasteiger partial charge in [-0.1, -0.05) is 32.0 Å². The summed E-state index contributed by atoms with van der Waals surface area (Å²) in [5.41, 5.74) is 0.552. The second-order valence-corrected chi connectivity index (χ2v) is 8.42. The fraction of sp³-hybridized carbons (Fsp3) is 0.591. The Morgan fingerprint density at radius 3 is 2.25 bits per heavy atom. The summed E-state index contributed by atoms with van der Waals surface area (Å²) in [7, 11) is 0. The third-order valence-electron chi connectivity index (χ3n) is 5.48. The van der Waals surface area contributed by atoms with Gasteiger partial charge in [0.15, 0.2) is 0 Å². The molecule has 1 aromatic rings. The molecule has 28 heavy (non-hydrogen) atoms. The Morgan fingerprint density at radius 2 is 1.68 bits per heavy atom. The maximum atomic E-state index is 12.8. The van der Waals surface area contributed by atoms with Crippen LogP contribution in [0.3, 0.4) is 0 Å². The Bertz CT molecular complexity index is 692. The van der Waals surface area contributed by atoms with Crippen LogP contribution in [-0.4, -0.2) is 47.8 Å². The monoisotopic (exact) mass is 385 g/mol. The largest absolute Gasteiger partial charge is 0.352 e. The van der Waals surface area contributed by atoms with Crippen molar-refractivity contribution in [1.82, 2.24) is 15.5 Å². The molecule has 1 saturated carbocycles. The predicted molar refractivity (Wildman–Crippen MR) is 108 cm³/mol. The molecule has 3 amide bonds. The molecule has 1 aliphatic heterocycles. The maximum absolute atomic E-state index is 12.8. The van der Waals surface area contributed by atoms with Crippen molar-refractivity contribution < 1.29 is 14.4 Å². The van der Waals surface area contributed by atoms with Crippen LogP contribution in [0.4, 0.5) is 0 Å². The van der Waals surface area contributed by atoms with Crippen molar-refractivity contribution in [3.8, 4) is 0 Å². The van der Waals surface area contributed by atoms with Gasteiger partial charge in [-0.3, -0.25) is 14.4 Å². The van der Waals surface area contributed by atoms with Crippen LogP contribution >= 0.6 is 0 Å². The zero-order chi connectivity index (χ0) is 20.1. The van der Waals surface area contributed by atoms with E-state index in [4.69, 9.17) is 0 Å². The molecule has 6 nitrogen and oxygen atoms in total. The molecular weight excluding hydrogens is 354 g/mol. The number of carbonyl (C=O) groups is 3. The number of carbonyl (C=O) groups excluding carboxylic acids is 3. The molecule has 1 atom stereocenters. The smallest absolute Gasteiger partial charge is 0.251 e. The minimum absolute atomic E-state index is 0.0366. The van der Waals surface area contributed by atoms with Crippen molar-refractivity contribution in [2.75, 3.05) is 13.1 Å². The minimum Gasteiger partial charge on any atom is -0.352 e. The molecule has 1 aliphatic carbocycles. The van der Waals surface area contributed by atoms with E-state index in [0.717, 1.165) is 25.7 Å². The lowest BCUT2D eigenvalue weighted by Gasteiger charge is -2.36. The molecule has 0 spiro atoms. The van der Waals surface area contributed by atoms with Gasteiger partial charge in [-0.2, -0.15) is 0 Å². The number of likely N-dealkylation sites (tertiary alicyclic amines) is 1. The summed E-state index contributed by atoms with van der Waals surface area (Å²) in [5.74, 6) is 0.233. The topological polar surface area (TPSA) is 78.5 Å². The fourth-order valence-electron chi connectivity index (χ4n) is 3.69. The van der Waals surface area contributed by atoms with Crippen LogP contribution in [-0.2, 0) is 9.59 Å². The van der Waals surface area contributed by atoms with E-state index in [1.165, 1.54) is 0 Å². The lowest BCUT2D eigenvalue weighted by molar-refractivity contribution is -0.133. The van der Waals surface area contributed by atoms with Gasteiger partial charge in [0, 0.05) is 31.1 Å². The Balaban J connectivity index is 1.63. The van der Waals surface area contributed by atoms with Crippen molar-refractivity contribution in [3.05, 3.63) is 35.9 Å². The predicted octanol–water partition coefficient (Wildman–Crippen LogP) is 2.35. The van der Waals surface area contributed by atoms with Gasteiger partial charge in [0.2, 0.25) is 11.8 Å². The van der Waals surface area contributed by atoms with Gasteiger partial charge in [-0.15, -0.1) is 0 Å². The molecule has 1 saturated heterocycles. The number of hydrogen-bond acceptors (Lipinski definition) is 3. The zero-order valence-electron chi connectivity index (χ0n) is 16.8. The standard InChI is InChI=1S/C22H31N3O3/c1-15(2)14-19(26)25-12-10-16(11-13-25)20(22(28)23-18-8-9-18)24-21(27)17-6-4-3-5-7-17/h3-7,15-16,18,20H,8-14H2,1-2H3,(H,23,28)(H,24,27). The van der Waals surface area contributed by atoms with Crippen LogP contribution in [0, 0.1) is 11.8 Å². The van der Waals surface area contributed by atoms with Crippen LogP contribution in [0.15, 0.2) is 30.3 Å². The summed E-state index contributed by atoms with van der Waals surface area (Å²) in [6.45, 7) is 5.37. The molecule has 1 aromatic carbocycles. The Kier molecular flexibility index (Phi) is 6.70. The third kappa shape index (κ3) is 5.57. The van der Waals surface area contributed by atoms with Gasteiger partial charge in [0.1, 0.15) is 6.04 Å². The van der Waals surface area contributed by atoms with E-state index in [1.807, 2.05) is 36.9 Å². The second kappa shape index (κ2) is 9.22. The summed E-state index contributed by atoms with van der Waals surface area (Å²) in [6.07, 6.45) is 4.02. The lowest BCUT2D eigenvalue weighted by atomic mass is 9.88. The molecule has 152 valence electrons. The van der Waals surface area contributed by atoms with Gasteiger partial charge >= 0.3 is 0 Å². The first kappa shape index (κ1) is 20.4. The van der Waals surface area contributed by atoms with E-state index in [2.05, 4.69) is 10.6 Å². The second-order valence-electron chi connectivity index (χ2n) is 8.42. The van der Waals surface area contributed by atoms with Crippen LogP contribution in [0.25, 0.3) is 0 Å². The zero-order valence-corrected chi connectivity index (χ0v) is 16.8.